The summed E-state index contributed by atoms with van der Waals surface area (Å²) in [7, 11) is 2.90. The minimum atomic E-state index is -0.649. The highest BCUT2D eigenvalue weighted by Gasteiger charge is 2.49. The summed E-state index contributed by atoms with van der Waals surface area (Å²) in [5, 5.41) is 0. The number of carbonyl (C=O) groups excluding carboxylic acids is 3. The van der Waals surface area contributed by atoms with Crippen molar-refractivity contribution in [3.8, 4) is 22.8 Å². The monoisotopic (exact) mass is 635 g/mol. The van der Waals surface area contributed by atoms with Crippen LogP contribution < -0.4 is 9.47 Å². The maximum absolute atomic E-state index is 14.0. The van der Waals surface area contributed by atoms with Gasteiger partial charge in [0.2, 0.25) is 0 Å². The molecule has 6 rings (SSSR count). The summed E-state index contributed by atoms with van der Waals surface area (Å²) in [5.41, 5.74) is 4.26. The molecule has 0 fully saturated rings. The fraction of sp³-hybridized carbons (Fsp3) is 0.385. The molecule has 0 saturated carbocycles. The number of benzene rings is 2. The van der Waals surface area contributed by atoms with Crippen LogP contribution in [0.4, 0.5) is 0 Å². The van der Waals surface area contributed by atoms with Crippen LogP contribution in [0.1, 0.15) is 86.5 Å². The van der Waals surface area contributed by atoms with E-state index in [4.69, 9.17) is 23.9 Å². The number of ketones is 2. The van der Waals surface area contributed by atoms with E-state index < -0.39 is 11.9 Å². The summed E-state index contributed by atoms with van der Waals surface area (Å²) in [6, 6.07) is 16.9. The van der Waals surface area contributed by atoms with Gasteiger partial charge in [-0.3, -0.25) is 9.59 Å². The second kappa shape index (κ2) is 12.1. The number of aromatic nitrogens is 1. The lowest BCUT2D eigenvalue weighted by Crippen LogP contribution is -2.38. The number of ether oxygens (including phenoxy) is 4. The molecule has 8 nitrogen and oxygen atoms in total. The Balaban J connectivity index is 1.50. The van der Waals surface area contributed by atoms with Gasteiger partial charge in [0, 0.05) is 48.0 Å². The van der Waals surface area contributed by atoms with Gasteiger partial charge in [0.1, 0.15) is 23.9 Å². The van der Waals surface area contributed by atoms with E-state index in [1.165, 1.54) is 7.11 Å². The minimum absolute atomic E-state index is 0.0247. The maximum atomic E-state index is 14.0. The van der Waals surface area contributed by atoms with Crippen LogP contribution in [0.25, 0.3) is 11.3 Å². The first-order chi connectivity index (χ1) is 22.3. The second-order valence-corrected chi connectivity index (χ2v) is 14.3. The van der Waals surface area contributed by atoms with Crippen molar-refractivity contribution in [2.24, 2.45) is 10.8 Å². The van der Waals surface area contributed by atoms with Crippen molar-refractivity contribution in [2.75, 3.05) is 14.2 Å². The Labute approximate surface area is 275 Å². The molecule has 2 aromatic carbocycles. The van der Waals surface area contributed by atoms with Gasteiger partial charge in [0.25, 0.3) is 0 Å². The quantitative estimate of drug-likeness (QED) is 0.242. The number of allylic oxidation sites excluding steroid dienone is 4. The summed E-state index contributed by atoms with van der Waals surface area (Å²) < 4.78 is 23.5. The number of hydrogen-bond donors (Lipinski definition) is 0. The molecule has 0 bridgehead atoms. The Morgan fingerprint density at radius 3 is 2.00 bits per heavy atom. The average Bonchev–Trinajstić information content (AvgIpc) is 3.01. The number of Topliss-reactive ketones (excluding diaryl/α,β-unsaturated/α-hetero) is 2. The van der Waals surface area contributed by atoms with E-state index in [0.717, 1.165) is 22.3 Å². The van der Waals surface area contributed by atoms with Crippen LogP contribution in [-0.4, -0.2) is 36.7 Å². The van der Waals surface area contributed by atoms with Crippen molar-refractivity contribution in [1.82, 2.24) is 4.98 Å². The van der Waals surface area contributed by atoms with E-state index in [0.29, 0.717) is 65.5 Å². The number of pyridine rings is 1. The molecule has 0 unspecified atom stereocenters. The van der Waals surface area contributed by atoms with Crippen molar-refractivity contribution in [2.45, 2.75) is 72.8 Å². The number of nitrogens with zero attached hydrogens (tertiary/aromatic N) is 1. The molecule has 2 heterocycles. The van der Waals surface area contributed by atoms with Gasteiger partial charge < -0.3 is 18.9 Å². The van der Waals surface area contributed by atoms with Crippen LogP contribution in [0.2, 0.25) is 0 Å². The number of esters is 1. The molecular weight excluding hydrogens is 594 g/mol. The van der Waals surface area contributed by atoms with Crippen LogP contribution in [0.15, 0.2) is 77.3 Å². The van der Waals surface area contributed by atoms with Crippen molar-refractivity contribution in [1.29, 1.82) is 0 Å². The molecule has 0 N–H and O–H groups in total. The predicted molar refractivity (Wildman–Crippen MR) is 177 cm³/mol. The van der Waals surface area contributed by atoms with Gasteiger partial charge in [-0.1, -0.05) is 58.0 Å². The highest BCUT2D eigenvalue weighted by molar-refractivity contribution is 6.06. The number of rotatable bonds is 7. The third kappa shape index (κ3) is 6.09. The molecule has 3 aromatic rings. The van der Waals surface area contributed by atoms with Gasteiger partial charge in [-0.2, -0.15) is 0 Å². The van der Waals surface area contributed by atoms with Crippen LogP contribution in [-0.2, 0) is 25.7 Å². The predicted octanol–water partition coefficient (Wildman–Crippen LogP) is 7.83. The van der Waals surface area contributed by atoms with Gasteiger partial charge in [-0.15, -0.1) is 0 Å². The molecular formula is C39H41NO7. The molecule has 0 radical (unpaired) electrons. The fourth-order valence-corrected chi connectivity index (χ4v) is 7.17. The first-order valence-corrected chi connectivity index (χ1v) is 16.0. The molecule has 47 heavy (non-hydrogen) atoms. The zero-order valence-electron chi connectivity index (χ0n) is 28.1. The standard InChI is InChI=1S/C39H41NO7/c1-22-24(25-14-16-29(36(40-25)37(43)45-7)46-21-23-11-9-8-10-12-23)13-15-28(44-6)32(22)35-33-26(41)17-38(2,3)19-30(33)47-31-20-39(4,5)18-27(42)34(31)35/h8-16,35H,17-21H2,1-7H3. The van der Waals surface area contributed by atoms with Gasteiger partial charge in [-0.05, 0) is 53.1 Å². The lowest BCUT2D eigenvalue weighted by atomic mass is 9.65. The SMILES string of the molecule is COC(=O)c1nc(-c2ccc(OC)c(C3C4=C(CC(C)(C)CC4=O)OC4=C3C(=O)CC(C)(C)C4)c2C)ccc1OCc1ccccc1. The normalized spacial score (nSPS) is 18.7. The molecule has 244 valence electrons. The van der Waals surface area contributed by atoms with Gasteiger partial charge in [0.15, 0.2) is 23.0 Å². The first kappa shape index (κ1) is 32.2. The third-order valence-corrected chi connectivity index (χ3v) is 9.32. The summed E-state index contributed by atoms with van der Waals surface area (Å²) >= 11 is 0. The Hall–Kier alpha value is -4.72. The molecule has 1 aromatic heterocycles. The van der Waals surface area contributed by atoms with E-state index in [1.54, 1.807) is 19.2 Å². The van der Waals surface area contributed by atoms with Crippen LogP contribution >= 0.6 is 0 Å². The zero-order valence-corrected chi connectivity index (χ0v) is 28.1. The molecule has 0 saturated heterocycles. The third-order valence-electron chi connectivity index (χ3n) is 9.32. The molecule has 0 amide bonds. The number of carbonyl (C=O) groups is 3. The fourth-order valence-electron chi connectivity index (χ4n) is 7.17. The lowest BCUT2D eigenvalue weighted by molar-refractivity contribution is -0.120. The smallest absolute Gasteiger partial charge is 0.360 e. The highest BCUT2D eigenvalue weighted by atomic mass is 16.5. The molecule has 1 aliphatic heterocycles. The van der Waals surface area contributed by atoms with E-state index in [9.17, 15) is 14.4 Å². The van der Waals surface area contributed by atoms with Crippen molar-refractivity contribution < 1.29 is 33.3 Å². The van der Waals surface area contributed by atoms with Gasteiger partial charge >= 0.3 is 5.97 Å². The molecule has 8 heteroatoms. The first-order valence-electron chi connectivity index (χ1n) is 16.0. The van der Waals surface area contributed by atoms with Gasteiger partial charge in [-0.25, -0.2) is 9.78 Å². The van der Waals surface area contributed by atoms with E-state index in [-0.39, 0.29) is 34.7 Å². The summed E-state index contributed by atoms with van der Waals surface area (Å²) in [4.78, 5) is 45.6. The Morgan fingerprint density at radius 1 is 0.830 bits per heavy atom. The van der Waals surface area contributed by atoms with Crippen molar-refractivity contribution in [3.63, 3.8) is 0 Å². The molecule has 0 spiro atoms. The number of methoxy groups -OCH3 is 2. The summed E-state index contributed by atoms with van der Waals surface area (Å²) in [5.74, 6) is 0.813. The summed E-state index contributed by atoms with van der Waals surface area (Å²) in [6.45, 7) is 10.5. The van der Waals surface area contributed by atoms with E-state index >= 15 is 0 Å². The minimum Gasteiger partial charge on any atom is -0.496 e. The van der Waals surface area contributed by atoms with Crippen LogP contribution in [0.5, 0.6) is 11.5 Å². The van der Waals surface area contributed by atoms with E-state index in [2.05, 4.69) is 27.7 Å². The van der Waals surface area contributed by atoms with Crippen LogP contribution in [0.3, 0.4) is 0 Å². The maximum Gasteiger partial charge on any atom is 0.360 e. The largest absolute Gasteiger partial charge is 0.496 e. The highest BCUT2D eigenvalue weighted by Crippen LogP contribution is 2.55. The average molecular weight is 636 g/mol. The van der Waals surface area contributed by atoms with Crippen molar-refractivity contribution >= 4 is 17.5 Å². The molecule has 2 aliphatic carbocycles. The van der Waals surface area contributed by atoms with Crippen molar-refractivity contribution in [3.05, 3.63) is 99.6 Å². The zero-order chi connectivity index (χ0) is 33.7. The second-order valence-electron chi connectivity index (χ2n) is 14.3. The number of hydrogen-bond acceptors (Lipinski definition) is 8. The lowest BCUT2D eigenvalue weighted by Gasteiger charge is -2.43. The van der Waals surface area contributed by atoms with Gasteiger partial charge in [0.05, 0.1) is 25.8 Å². The molecule has 3 aliphatic rings. The molecule has 0 atom stereocenters. The summed E-state index contributed by atoms with van der Waals surface area (Å²) in [6.07, 6.45) is 1.88. The Kier molecular flexibility index (Phi) is 8.32. The van der Waals surface area contributed by atoms with E-state index in [1.807, 2.05) is 49.4 Å². The Morgan fingerprint density at radius 2 is 1.43 bits per heavy atom. The Bertz CT molecular complexity index is 1800. The van der Waals surface area contributed by atoms with Crippen LogP contribution in [0, 0.1) is 17.8 Å². The topological polar surface area (TPSA) is 101 Å².